The third kappa shape index (κ3) is 9.13. The van der Waals surface area contributed by atoms with Crippen LogP contribution >= 0.6 is 11.6 Å². The van der Waals surface area contributed by atoms with Gasteiger partial charge in [-0.25, -0.2) is 0 Å². The monoisotopic (exact) mass is 409 g/mol. The van der Waals surface area contributed by atoms with Crippen molar-refractivity contribution in [2.75, 3.05) is 5.88 Å². The maximum atomic E-state index is 12.5. The summed E-state index contributed by atoms with van der Waals surface area (Å²) in [4.78, 5) is 14.1. The number of carbonyl (C=O) groups excluding carboxylic acids is 1. The van der Waals surface area contributed by atoms with Gasteiger partial charge in [0.1, 0.15) is 17.4 Å². The number of nitrogens with zero attached hydrogens (tertiary/aromatic N) is 1. The van der Waals surface area contributed by atoms with Gasteiger partial charge in [0.05, 0.1) is 6.54 Å². The SMILES string of the molecule is C=C/C=C(\C=C/C(=C)OC(/C=C\C)=C/C=C\C)N(Cc1ccccc1)C(=O)CCl. The lowest BCUT2D eigenvalue weighted by Gasteiger charge is -2.23. The molecule has 0 spiro atoms. The topological polar surface area (TPSA) is 29.5 Å². The van der Waals surface area contributed by atoms with Crippen molar-refractivity contribution in [1.29, 1.82) is 0 Å². The molecule has 0 radical (unpaired) electrons. The second-order valence-electron chi connectivity index (χ2n) is 5.92. The van der Waals surface area contributed by atoms with Crippen LogP contribution in [-0.2, 0) is 16.1 Å². The molecule has 152 valence electrons. The molecule has 0 aliphatic heterocycles. The summed E-state index contributed by atoms with van der Waals surface area (Å²) >= 11 is 5.84. The van der Waals surface area contributed by atoms with Crippen LogP contribution in [0, 0.1) is 0 Å². The molecule has 0 saturated carbocycles. The first kappa shape index (κ1) is 24.0. The van der Waals surface area contributed by atoms with Crippen LogP contribution in [0.5, 0.6) is 0 Å². The van der Waals surface area contributed by atoms with Crippen molar-refractivity contribution in [1.82, 2.24) is 4.90 Å². The average Bonchev–Trinajstić information content (AvgIpc) is 2.73. The average molecular weight is 410 g/mol. The second-order valence-corrected chi connectivity index (χ2v) is 6.19. The van der Waals surface area contributed by atoms with E-state index in [0.717, 1.165) is 5.56 Å². The van der Waals surface area contributed by atoms with Crippen LogP contribution in [-0.4, -0.2) is 16.7 Å². The van der Waals surface area contributed by atoms with Crippen molar-refractivity contribution in [2.45, 2.75) is 20.4 Å². The van der Waals surface area contributed by atoms with E-state index >= 15 is 0 Å². The molecule has 0 aliphatic rings. The fraction of sp³-hybridized carbons (Fsp3) is 0.160. The highest BCUT2D eigenvalue weighted by atomic mass is 35.5. The summed E-state index contributed by atoms with van der Waals surface area (Å²) in [5.41, 5.74) is 1.64. The van der Waals surface area contributed by atoms with Gasteiger partial charge >= 0.3 is 0 Å². The molecule has 0 unspecified atom stereocenters. The molecule has 0 atom stereocenters. The van der Waals surface area contributed by atoms with Crippen molar-refractivity contribution in [2.24, 2.45) is 0 Å². The highest BCUT2D eigenvalue weighted by molar-refractivity contribution is 6.27. The van der Waals surface area contributed by atoms with Crippen molar-refractivity contribution in [3.8, 4) is 0 Å². The number of hydrogen-bond acceptors (Lipinski definition) is 2. The molecular formula is C25H28ClNO2. The van der Waals surface area contributed by atoms with Crippen molar-refractivity contribution >= 4 is 17.5 Å². The molecule has 1 rings (SSSR count). The summed E-state index contributed by atoms with van der Waals surface area (Å²) in [6.45, 7) is 11.9. The number of carbonyl (C=O) groups is 1. The van der Waals surface area contributed by atoms with Gasteiger partial charge in [0.25, 0.3) is 0 Å². The van der Waals surface area contributed by atoms with Gasteiger partial charge in [0.15, 0.2) is 0 Å². The molecule has 29 heavy (non-hydrogen) atoms. The van der Waals surface area contributed by atoms with Crippen LogP contribution in [0.2, 0.25) is 0 Å². The Morgan fingerprint density at radius 2 is 1.83 bits per heavy atom. The number of halogens is 1. The van der Waals surface area contributed by atoms with Gasteiger partial charge in [-0.1, -0.05) is 67.8 Å². The van der Waals surface area contributed by atoms with Crippen molar-refractivity contribution in [3.05, 3.63) is 121 Å². The Balaban J connectivity index is 3.06. The van der Waals surface area contributed by atoms with Crippen LogP contribution in [0.1, 0.15) is 19.4 Å². The number of ether oxygens (including phenoxy) is 1. The smallest absolute Gasteiger partial charge is 0.242 e. The lowest BCUT2D eigenvalue weighted by atomic mass is 10.2. The molecule has 0 saturated heterocycles. The van der Waals surface area contributed by atoms with Gasteiger partial charge in [0, 0.05) is 5.70 Å². The van der Waals surface area contributed by atoms with Crippen LogP contribution in [0.3, 0.4) is 0 Å². The largest absolute Gasteiger partial charge is 0.458 e. The maximum Gasteiger partial charge on any atom is 0.242 e. The highest BCUT2D eigenvalue weighted by Crippen LogP contribution is 2.16. The first-order valence-corrected chi connectivity index (χ1v) is 9.82. The van der Waals surface area contributed by atoms with Crippen LogP contribution in [0.15, 0.2) is 115 Å². The molecule has 1 amide bonds. The van der Waals surface area contributed by atoms with E-state index in [-0.39, 0.29) is 11.8 Å². The minimum atomic E-state index is -0.206. The molecule has 1 aromatic carbocycles. The Kier molecular flexibility index (Phi) is 11.6. The number of hydrogen-bond donors (Lipinski definition) is 0. The van der Waals surface area contributed by atoms with E-state index in [0.29, 0.717) is 23.8 Å². The highest BCUT2D eigenvalue weighted by Gasteiger charge is 2.16. The van der Waals surface area contributed by atoms with Gasteiger partial charge in [-0.3, -0.25) is 4.79 Å². The molecule has 0 aromatic heterocycles. The first-order chi connectivity index (χ1) is 14.0. The third-order valence-electron chi connectivity index (χ3n) is 3.67. The predicted molar refractivity (Wildman–Crippen MR) is 123 cm³/mol. The quantitative estimate of drug-likeness (QED) is 0.239. The van der Waals surface area contributed by atoms with Gasteiger partial charge in [0.2, 0.25) is 5.91 Å². The summed E-state index contributed by atoms with van der Waals surface area (Å²) in [5, 5.41) is 0. The Morgan fingerprint density at radius 3 is 2.41 bits per heavy atom. The normalized spacial score (nSPS) is 12.7. The van der Waals surface area contributed by atoms with Crippen LogP contribution < -0.4 is 0 Å². The van der Waals surface area contributed by atoms with Gasteiger partial charge < -0.3 is 9.64 Å². The van der Waals surface area contributed by atoms with Gasteiger partial charge in [-0.15, -0.1) is 11.6 Å². The van der Waals surface area contributed by atoms with E-state index in [1.54, 1.807) is 29.2 Å². The number of amides is 1. The standard InChI is InChI=1S/C25H28ClNO2/c1-5-8-16-24(13-7-3)29-21(4)17-18-23(12-6-2)27(25(28)19-26)20-22-14-10-9-11-15-22/h5-18H,2,4,19-20H2,1,3H3/b8-5-,13-7-,18-17-,23-12+,24-16+. The Morgan fingerprint density at radius 1 is 1.10 bits per heavy atom. The van der Waals surface area contributed by atoms with E-state index in [1.807, 2.05) is 74.6 Å². The maximum absolute atomic E-state index is 12.5. The number of benzene rings is 1. The van der Waals surface area contributed by atoms with Crippen molar-refractivity contribution < 1.29 is 9.53 Å². The molecule has 0 fully saturated rings. The molecule has 0 aliphatic carbocycles. The van der Waals surface area contributed by atoms with E-state index < -0.39 is 0 Å². The molecule has 3 nitrogen and oxygen atoms in total. The lowest BCUT2D eigenvalue weighted by Crippen LogP contribution is -2.30. The fourth-order valence-electron chi connectivity index (χ4n) is 2.36. The van der Waals surface area contributed by atoms with Gasteiger partial charge in [-0.05, 0) is 49.8 Å². The van der Waals surface area contributed by atoms with E-state index in [2.05, 4.69) is 13.2 Å². The molecule has 0 N–H and O–H groups in total. The number of allylic oxidation sites excluding steroid dienone is 9. The minimum Gasteiger partial charge on any atom is -0.458 e. The van der Waals surface area contributed by atoms with E-state index in [1.165, 1.54) is 0 Å². The Bertz CT molecular complexity index is 830. The van der Waals surface area contributed by atoms with Gasteiger partial charge in [-0.2, -0.15) is 0 Å². The summed E-state index contributed by atoms with van der Waals surface area (Å²) < 4.78 is 5.77. The molecule has 0 heterocycles. The third-order valence-corrected chi connectivity index (χ3v) is 3.90. The van der Waals surface area contributed by atoms with Crippen LogP contribution in [0.25, 0.3) is 0 Å². The predicted octanol–water partition coefficient (Wildman–Crippen LogP) is 6.45. The Labute approximate surface area is 179 Å². The molecular weight excluding hydrogens is 382 g/mol. The summed E-state index contributed by atoms with van der Waals surface area (Å²) in [6.07, 6.45) is 16.2. The van der Waals surface area contributed by atoms with Crippen molar-refractivity contribution in [3.63, 3.8) is 0 Å². The molecule has 0 bridgehead atoms. The summed E-state index contributed by atoms with van der Waals surface area (Å²) in [7, 11) is 0. The summed E-state index contributed by atoms with van der Waals surface area (Å²) in [5.74, 6) is 0.770. The number of alkyl halides is 1. The first-order valence-electron chi connectivity index (χ1n) is 9.29. The lowest BCUT2D eigenvalue weighted by molar-refractivity contribution is -0.126. The Hall–Kier alpha value is -3.04. The summed E-state index contributed by atoms with van der Waals surface area (Å²) in [6, 6.07) is 9.72. The second kappa shape index (κ2) is 14.0. The zero-order valence-corrected chi connectivity index (χ0v) is 17.8. The molecule has 4 heteroatoms. The zero-order valence-electron chi connectivity index (χ0n) is 17.1. The fourth-order valence-corrected chi connectivity index (χ4v) is 2.50. The molecule has 1 aromatic rings. The van der Waals surface area contributed by atoms with E-state index in [4.69, 9.17) is 16.3 Å². The zero-order chi connectivity index (χ0) is 21.5. The minimum absolute atomic E-state index is 0.121. The van der Waals surface area contributed by atoms with Crippen LogP contribution in [0.4, 0.5) is 0 Å². The number of rotatable bonds is 11. The van der Waals surface area contributed by atoms with E-state index in [9.17, 15) is 4.79 Å².